The standard InChI is InChI=1S/C25H32N2O4Si/c1-31-20-9-7-19(8-10-20)25(27-24(30)15-18-14-23(29)26-16-18)22(28)13-17-5-11-21(12-6-17)32(2,3)4/h5-12,18,25H,13-16H2,1-4H3,(H,26,29)(H,27,30). The molecule has 1 heterocycles. The summed E-state index contributed by atoms with van der Waals surface area (Å²) in [6.07, 6.45) is 0.786. The minimum absolute atomic E-state index is 0.0349. The van der Waals surface area contributed by atoms with Crippen molar-refractivity contribution in [2.75, 3.05) is 13.7 Å². The molecule has 2 atom stereocenters. The van der Waals surface area contributed by atoms with Gasteiger partial charge in [-0.3, -0.25) is 14.4 Å². The number of benzene rings is 2. The van der Waals surface area contributed by atoms with E-state index in [1.807, 2.05) is 12.1 Å². The van der Waals surface area contributed by atoms with Crippen LogP contribution in [0.5, 0.6) is 5.75 Å². The Kier molecular flexibility index (Phi) is 7.51. The van der Waals surface area contributed by atoms with E-state index >= 15 is 0 Å². The zero-order valence-corrected chi connectivity index (χ0v) is 20.2. The van der Waals surface area contributed by atoms with E-state index in [4.69, 9.17) is 4.74 Å². The normalized spacial score (nSPS) is 16.9. The van der Waals surface area contributed by atoms with Crippen LogP contribution in [-0.2, 0) is 20.8 Å². The molecule has 2 aromatic carbocycles. The van der Waals surface area contributed by atoms with Crippen LogP contribution in [0.1, 0.15) is 30.0 Å². The van der Waals surface area contributed by atoms with Gasteiger partial charge in [-0.25, -0.2) is 0 Å². The molecule has 0 saturated carbocycles. The first kappa shape index (κ1) is 23.7. The highest BCUT2D eigenvalue weighted by molar-refractivity contribution is 6.88. The third-order valence-corrected chi connectivity index (χ3v) is 7.88. The molecule has 170 valence electrons. The molecule has 2 aromatic rings. The molecule has 0 bridgehead atoms. The van der Waals surface area contributed by atoms with Crippen LogP contribution in [-0.4, -0.2) is 39.3 Å². The molecule has 2 N–H and O–H groups in total. The Balaban J connectivity index is 1.75. The molecule has 0 radical (unpaired) electrons. The predicted octanol–water partition coefficient (Wildman–Crippen LogP) is 2.74. The van der Waals surface area contributed by atoms with Crippen molar-refractivity contribution in [3.63, 3.8) is 0 Å². The van der Waals surface area contributed by atoms with Crippen LogP contribution < -0.4 is 20.6 Å². The van der Waals surface area contributed by atoms with E-state index in [9.17, 15) is 14.4 Å². The average Bonchev–Trinajstić information content (AvgIpc) is 3.16. The van der Waals surface area contributed by atoms with Crippen LogP contribution in [0.3, 0.4) is 0 Å². The second-order valence-corrected chi connectivity index (χ2v) is 14.5. The maximum absolute atomic E-state index is 13.3. The maximum Gasteiger partial charge on any atom is 0.221 e. The number of hydrogen-bond acceptors (Lipinski definition) is 4. The molecule has 1 aliphatic heterocycles. The second kappa shape index (κ2) is 10.1. The van der Waals surface area contributed by atoms with Crippen LogP contribution in [0.25, 0.3) is 0 Å². The Morgan fingerprint density at radius 1 is 1.09 bits per heavy atom. The lowest BCUT2D eigenvalue weighted by Gasteiger charge is -2.20. The Morgan fingerprint density at radius 3 is 2.28 bits per heavy atom. The van der Waals surface area contributed by atoms with Gasteiger partial charge in [0.2, 0.25) is 11.8 Å². The number of rotatable bonds is 9. The van der Waals surface area contributed by atoms with Crippen molar-refractivity contribution in [1.29, 1.82) is 0 Å². The predicted molar refractivity (Wildman–Crippen MR) is 128 cm³/mol. The average molecular weight is 453 g/mol. The fourth-order valence-corrected chi connectivity index (χ4v) is 5.03. The van der Waals surface area contributed by atoms with Crippen molar-refractivity contribution in [3.8, 4) is 5.75 Å². The van der Waals surface area contributed by atoms with Gasteiger partial charge in [0.25, 0.3) is 0 Å². The van der Waals surface area contributed by atoms with Gasteiger partial charge < -0.3 is 15.4 Å². The molecule has 0 spiro atoms. The summed E-state index contributed by atoms with van der Waals surface area (Å²) in [5.41, 5.74) is 1.64. The smallest absolute Gasteiger partial charge is 0.221 e. The van der Waals surface area contributed by atoms with Crippen LogP contribution in [0, 0.1) is 5.92 Å². The van der Waals surface area contributed by atoms with Crippen molar-refractivity contribution in [1.82, 2.24) is 10.6 Å². The fourth-order valence-electron chi connectivity index (χ4n) is 3.86. The molecule has 0 aliphatic carbocycles. The summed E-state index contributed by atoms with van der Waals surface area (Å²) in [6.45, 7) is 7.36. The van der Waals surface area contributed by atoms with Crippen molar-refractivity contribution in [2.24, 2.45) is 5.92 Å². The summed E-state index contributed by atoms with van der Waals surface area (Å²) in [5, 5.41) is 6.99. The number of carbonyl (C=O) groups excluding carboxylic acids is 3. The SMILES string of the molecule is COc1ccc(C(NC(=O)CC2CNC(=O)C2)C(=O)Cc2ccc([Si](C)(C)C)cc2)cc1. The van der Waals surface area contributed by atoms with Crippen LogP contribution >= 0.6 is 0 Å². The Hall–Kier alpha value is -2.93. The minimum Gasteiger partial charge on any atom is -0.497 e. The summed E-state index contributed by atoms with van der Waals surface area (Å²) in [4.78, 5) is 37.4. The van der Waals surface area contributed by atoms with Gasteiger partial charge >= 0.3 is 0 Å². The first-order chi connectivity index (χ1) is 15.2. The van der Waals surface area contributed by atoms with E-state index in [0.717, 1.165) is 5.56 Å². The monoisotopic (exact) mass is 452 g/mol. The molecule has 0 aromatic heterocycles. The van der Waals surface area contributed by atoms with Gasteiger partial charge in [0.15, 0.2) is 5.78 Å². The largest absolute Gasteiger partial charge is 0.497 e. The zero-order valence-electron chi connectivity index (χ0n) is 19.2. The van der Waals surface area contributed by atoms with Crippen molar-refractivity contribution in [3.05, 3.63) is 59.7 Å². The van der Waals surface area contributed by atoms with Crippen molar-refractivity contribution >= 4 is 30.9 Å². The number of ketones is 1. The number of ether oxygens (including phenoxy) is 1. The maximum atomic E-state index is 13.3. The summed E-state index contributed by atoms with van der Waals surface area (Å²) in [7, 11) is 0.176. The van der Waals surface area contributed by atoms with Crippen LogP contribution in [0.15, 0.2) is 48.5 Å². The molecule has 1 saturated heterocycles. The summed E-state index contributed by atoms with van der Waals surface area (Å²) < 4.78 is 5.22. The first-order valence-electron chi connectivity index (χ1n) is 11.0. The van der Waals surface area contributed by atoms with E-state index in [1.54, 1.807) is 31.4 Å². The molecule has 32 heavy (non-hydrogen) atoms. The number of nitrogens with one attached hydrogen (secondary N) is 2. The first-order valence-corrected chi connectivity index (χ1v) is 14.5. The highest BCUT2D eigenvalue weighted by atomic mass is 28.3. The van der Waals surface area contributed by atoms with Crippen LogP contribution in [0.4, 0.5) is 0 Å². The minimum atomic E-state index is -1.41. The topological polar surface area (TPSA) is 84.5 Å². The van der Waals surface area contributed by atoms with Gasteiger partial charge in [0, 0.05) is 25.8 Å². The Bertz CT molecular complexity index is 965. The Morgan fingerprint density at radius 2 is 1.75 bits per heavy atom. The number of methoxy groups -OCH3 is 1. The molecule has 3 rings (SSSR count). The molecular formula is C25H32N2O4Si. The van der Waals surface area contributed by atoms with Crippen molar-refractivity contribution < 1.29 is 19.1 Å². The highest BCUT2D eigenvalue weighted by Gasteiger charge is 2.27. The molecule has 1 fully saturated rings. The van der Waals surface area contributed by atoms with Gasteiger partial charge in [0.1, 0.15) is 11.8 Å². The van der Waals surface area contributed by atoms with Gasteiger partial charge in [-0.15, -0.1) is 0 Å². The van der Waals surface area contributed by atoms with E-state index in [1.165, 1.54) is 5.19 Å². The van der Waals surface area contributed by atoms with Gasteiger partial charge in [-0.05, 0) is 29.2 Å². The molecular weight excluding hydrogens is 420 g/mol. The summed E-state index contributed by atoms with van der Waals surface area (Å²) in [6, 6.07) is 14.7. The van der Waals surface area contributed by atoms with E-state index < -0.39 is 14.1 Å². The molecule has 6 nitrogen and oxygen atoms in total. The number of hydrogen-bond donors (Lipinski definition) is 2. The number of carbonyl (C=O) groups is 3. The quantitative estimate of drug-likeness (QED) is 0.573. The fraction of sp³-hybridized carbons (Fsp3) is 0.400. The van der Waals surface area contributed by atoms with Crippen molar-refractivity contribution in [2.45, 2.75) is 44.9 Å². The Labute approximate surface area is 190 Å². The highest BCUT2D eigenvalue weighted by Crippen LogP contribution is 2.22. The number of amides is 2. The third-order valence-electron chi connectivity index (χ3n) is 5.81. The van der Waals surface area contributed by atoms with E-state index in [2.05, 4.69) is 42.4 Å². The van der Waals surface area contributed by atoms with E-state index in [-0.39, 0.29) is 36.4 Å². The lowest BCUT2D eigenvalue weighted by atomic mass is 9.96. The van der Waals surface area contributed by atoms with Gasteiger partial charge in [-0.2, -0.15) is 0 Å². The molecule has 1 aliphatic rings. The molecule has 2 unspecified atom stereocenters. The number of Topliss-reactive ketones (excluding diaryl/α,β-unsaturated/α-hetero) is 1. The second-order valence-electron chi connectivity index (χ2n) is 9.44. The summed E-state index contributed by atoms with van der Waals surface area (Å²) in [5.74, 6) is 0.305. The van der Waals surface area contributed by atoms with Gasteiger partial charge in [-0.1, -0.05) is 61.2 Å². The zero-order chi connectivity index (χ0) is 23.3. The van der Waals surface area contributed by atoms with E-state index in [0.29, 0.717) is 24.3 Å². The lowest BCUT2D eigenvalue weighted by molar-refractivity contribution is -0.128. The molecule has 7 heteroatoms. The lowest BCUT2D eigenvalue weighted by Crippen LogP contribution is -2.37. The third kappa shape index (κ3) is 6.29. The summed E-state index contributed by atoms with van der Waals surface area (Å²) >= 11 is 0. The van der Waals surface area contributed by atoms with Crippen LogP contribution in [0.2, 0.25) is 19.6 Å². The molecule has 2 amide bonds. The van der Waals surface area contributed by atoms with Gasteiger partial charge in [0.05, 0.1) is 15.2 Å².